The molecule has 1 aliphatic rings. The van der Waals surface area contributed by atoms with Crippen LogP contribution in [0.25, 0.3) is 10.9 Å². The van der Waals surface area contributed by atoms with Crippen LogP contribution >= 0.6 is 0 Å². The molecule has 1 aromatic heterocycles. The Balaban J connectivity index is 1.37. The highest BCUT2D eigenvalue weighted by molar-refractivity contribution is 6.07. The summed E-state index contributed by atoms with van der Waals surface area (Å²) in [6.45, 7) is 0.772. The molecule has 0 radical (unpaired) electrons. The molecule has 0 spiro atoms. The van der Waals surface area contributed by atoms with Crippen molar-refractivity contribution in [1.29, 1.82) is 0 Å². The molecule has 2 aromatic carbocycles. The average molecular weight is 422 g/mol. The minimum absolute atomic E-state index is 0.239. The lowest BCUT2D eigenvalue weighted by molar-refractivity contribution is -0.127. The Morgan fingerprint density at radius 3 is 2.55 bits per heavy atom. The summed E-state index contributed by atoms with van der Waals surface area (Å²) in [6, 6.07) is 12.9. The zero-order valence-electron chi connectivity index (χ0n) is 17.1. The summed E-state index contributed by atoms with van der Waals surface area (Å²) in [5.74, 6) is -1.83. The number of carbonyl (C=O) groups is 3. The first-order chi connectivity index (χ1) is 14.9. The van der Waals surface area contributed by atoms with Crippen LogP contribution in [0.3, 0.4) is 0 Å². The van der Waals surface area contributed by atoms with Crippen molar-refractivity contribution in [3.05, 3.63) is 71.7 Å². The molecule has 1 aliphatic heterocycles. The van der Waals surface area contributed by atoms with Gasteiger partial charge in [0.2, 0.25) is 5.91 Å². The first-order valence-corrected chi connectivity index (χ1v) is 10.1. The number of halogens is 1. The van der Waals surface area contributed by atoms with Crippen molar-refractivity contribution in [3.63, 3.8) is 0 Å². The van der Waals surface area contributed by atoms with E-state index in [2.05, 4.69) is 10.9 Å². The molecule has 2 N–H and O–H groups in total. The highest BCUT2D eigenvalue weighted by Gasteiger charge is 2.29. The van der Waals surface area contributed by atoms with Crippen molar-refractivity contribution in [1.82, 2.24) is 20.3 Å². The maximum atomic E-state index is 13.1. The summed E-state index contributed by atoms with van der Waals surface area (Å²) in [7, 11) is 1.85. The SMILES string of the molecule is Cn1cc(C(=O)NNC(=O)C2CCCN(C(=O)c3ccc(F)cc3)C2)c2ccccc21. The fourth-order valence-electron chi connectivity index (χ4n) is 3.96. The molecule has 1 saturated heterocycles. The number of para-hydroxylation sites is 1. The van der Waals surface area contributed by atoms with Gasteiger partial charge in [-0.25, -0.2) is 4.39 Å². The van der Waals surface area contributed by atoms with E-state index in [-0.39, 0.29) is 18.4 Å². The quantitative estimate of drug-likeness (QED) is 0.637. The number of carbonyl (C=O) groups excluding carboxylic acids is 3. The summed E-state index contributed by atoms with van der Waals surface area (Å²) in [6.07, 6.45) is 3.00. The Morgan fingerprint density at radius 1 is 1.03 bits per heavy atom. The predicted octanol–water partition coefficient (Wildman–Crippen LogP) is 2.63. The monoisotopic (exact) mass is 422 g/mol. The van der Waals surface area contributed by atoms with E-state index in [0.29, 0.717) is 30.5 Å². The van der Waals surface area contributed by atoms with Gasteiger partial charge in [0.15, 0.2) is 0 Å². The van der Waals surface area contributed by atoms with Gasteiger partial charge in [-0.05, 0) is 43.2 Å². The normalized spacial score (nSPS) is 16.2. The molecule has 0 saturated carbocycles. The fraction of sp³-hybridized carbons (Fsp3) is 0.261. The van der Waals surface area contributed by atoms with Crippen LogP contribution in [0.15, 0.2) is 54.7 Å². The highest BCUT2D eigenvalue weighted by atomic mass is 19.1. The number of fused-ring (bicyclic) bond motifs is 1. The van der Waals surface area contributed by atoms with E-state index in [4.69, 9.17) is 0 Å². The smallest absolute Gasteiger partial charge is 0.271 e. The minimum atomic E-state index is -0.439. The van der Waals surface area contributed by atoms with Crippen molar-refractivity contribution in [2.45, 2.75) is 12.8 Å². The molecule has 160 valence electrons. The minimum Gasteiger partial charge on any atom is -0.350 e. The lowest BCUT2D eigenvalue weighted by Gasteiger charge is -2.32. The van der Waals surface area contributed by atoms with Crippen LogP contribution in [0.2, 0.25) is 0 Å². The molecule has 0 bridgehead atoms. The number of benzene rings is 2. The number of aryl methyl sites for hydroxylation is 1. The maximum absolute atomic E-state index is 13.1. The Kier molecular flexibility index (Phi) is 5.70. The van der Waals surface area contributed by atoms with Crippen LogP contribution in [-0.4, -0.2) is 40.3 Å². The van der Waals surface area contributed by atoms with Gasteiger partial charge in [-0.3, -0.25) is 25.2 Å². The third kappa shape index (κ3) is 4.28. The van der Waals surface area contributed by atoms with Gasteiger partial charge in [0, 0.05) is 42.8 Å². The van der Waals surface area contributed by atoms with E-state index in [9.17, 15) is 18.8 Å². The van der Waals surface area contributed by atoms with E-state index in [1.807, 2.05) is 35.9 Å². The molecule has 1 fully saturated rings. The zero-order valence-corrected chi connectivity index (χ0v) is 17.1. The van der Waals surface area contributed by atoms with Crippen molar-refractivity contribution < 1.29 is 18.8 Å². The number of rotatable bonds is 3. The van der Waals surface area contributed by atoms with Crippen LogP contribution in [0.1, 0.15) is 33.6 Å². The standard InChI is InChI=1S/C23H23FN4O3/c1-27-14-19(18-6-2-3-7-20(18)27)22(30)26-25-21(29)16-5-4-12-28(13-16)23(31)15-8-10-17(24)11-9-15/h2-3,6-11,14,16H,4-5,12-13H2,1H3,(H,25,29)(H,26,30). The van der Waals surface area contributed by atoms with Gasteiger partial charge < -0.3 is 9.47 Å². The molecule has 2 heterocycles. The van der Waals surface area contributed by atoms with E-state index >= 15 is 0 Å². The fourth-order valence-corrected chi connectivity index (χ4v) is 3.96. The Bertz CT molecular complexity index is 1140. The summed E-state index contributed by atoms with van der Waals surface area (Å²) in [4.78, 5) is 39.5. The van der Waals surface area contributed by atoms with Crippen LogP contribution in [0.4, 0.5) is 4.39 Å². The van der Waals surface area contributed by atoms with Gasteiger partial charge in [-0.2, -0.15) is 0 Å². The molecule has 1 atom stereocenters. The molecule has 31 heavy (non-hydrogen) atoms. The molecule has 3 amide bonds. The molecular weight excluding hydrogens is 399 g/mol. The number of nitrogens with one attached hydrogen (secondary N) is 2. The van der Waals surface area contributed by atoms with Crippen LogP contribution < -0.4 is 10.9 Å². The lowest BCUT2D eigenvalue weighted by atomic mass is 9.96. The number of likely N-dealkylation sites (tertiary alicyclic amines) is 1. The summed E-state index contributed by atoms with van der Waals surface area (Å²) < 4.78 is 15.0. The van der Waals surface area contributed by atoms with Gasteiger partial charge in [-0.15, -0.1) is 0 Å². The van der Waals surface area contributed by atoms with Crippen molar-refractivity contribution in [2.24, 2.45) is 13.0 Å². The van der Waals surface area contributed by atoms with E-state index in [0.717, 1.165) is 10.9 Å². The predicted molar refractivity (Wildman–Crippen MR) is 114 cm³/mol. The second kappa shape index (κ2) is 8.59. The summed E-state index contributed by atoms with van der Waals surface area (Å²) in [5.41, 5.74) is 6.75. The molecule has 1 unspecified atom stereocenters. The maximum Gasteiger partial charge on any atom is 0.271 e. The van der Waals surface area contributed by atoms with Crippen molar-refractivity contribution >= 4 is 28.6 Å². The molecule has 8 heteroatoms. The number of nitrogens with zero attached hydrogens (tertiary/aromatic N) is 2. The Hall–Kier alpha value is -3.68. The van der Waals surface area contributed by atoms with E-state index in [1.54, 1.807) is 11.1 Å². The van der Waals surface area contributed by atoms with Gasteiger partial charge in [-0.1, -0.05) is 18.2 Å². The number of hydrogen-bond donors (Lipinski definition) is 2. The van der Waals surface area contributed by atoms with Crippen LogP contribution in [0.5, 0.6) is 0 Å². The Labute approximate surface area is 178 Å². The number of hydrazine groups is 1. The number of aromatic nitrogens is 1. The van der Waals surface area contributed by atoms with Gasteiger partial charge >= 0.3 is 0 Å². The first kappa shape index (κ1) is 20.6. The Morgan fingerprint density at radius 2 is 1.77 bits per heavy atom. The third-order valence-corrected chi connectivity index (χ3v) is 5.61. The third-order valence-electron chi connectivity index (χ3n) is 5.61. The molecule has 7 nitrogen and oxygen atoms in total. The zero-order chi connectivity index (χ0) is 22.0. The molecule has 0 aliphatic carbocycles. The first-order valence-electron chi connectivity index (χ1n) is 10.1. The summed E-state index contributed by atoms with van der Waals surface area (Å²) in [5, 5.41) is 0.797. The number of amides is 3. The molecule has 4 rings (SSSR count). The van der Waals surface area contributed by atoms with Gasteiger partial charge in [0.25, 0.3) is 11.8 Å². The van der Waals surface area contributed by atoms with Crippen LogP contribution in [-0.2, 0) is 11.8 Å². The average Bonchev–Trinajstić information content (AvgIpc) is 3.14. The summed E-state index contributed by atoms with van der Waals surface area (Å²) >= 11 is 0. The highest BCUT2D eigenvalue weighted by Crippen LogP contribution is 2.21. The lowest BCUT2D eigenvalue weighted by Crippen LogP contribution is -2.50. The largest absolute Gasteiger partial charge is 0.350 e. The topological polar surface area (TPSA) is 83.4 Å². The van der Waals surface area contributed by atoms with E-state index in [1.165, 1.54) is 24.3 Å². The van der Waals surface area contributed by atoms with Gasteiger partial charge in [0.05, 0.1) is 11.5 Å². The van der Waals surface area contributed by atoms with E-state index < -0.39 is 17.6 Å². The van der Waals surface area contributed by atoms with Gasteiger partial charge in [0.1, 0.15) is 5.82 Å². The van der Waals surface area contributed by atoms with Crippen LogP contribution in [0, 0.1) is 11.7 Å². The van der Waals surface area contributed by atoms with Crippen molar-refractivity contribution in [2.75, 3.05) is 13.1 Å². The second-order valence-corrected chi connectivity index (χ2v) is 7.71. The number of piperidine rings is 1. The molecule has 3 aromatic rings. The number of hydrogen-bond acceptors (Lipinski definition) is 3. The second-order valence-electron chi connectivity index (χ2n) is 7.71. The molecular formula is C23H23FN4O3. The van der Waals surface area contributed by atoms with Crippen molar-refractivity contribution in [3.8, 4) is 0 Å².